The molecule has 136 valence electrons. The highest BCUT2D eigenvalue weighted by Gasteiger charge is 2.16. The van der Waals surface area contributed by atoms with Crippen molar-refractivity contribution in [1.29, 1.82) is 0 Å². The number of rotatable bonds is 8. The molecular weight excluding hydrogens is 316 g/mol. The van der Waals surface area contributed by atoms with Gasteiger partial charge in [0.1, 0.15) is 0 Å². The average Bonchev–Trinajstić information content (AvgIpc) is 3.13. The second kappa shape index (κ2) is 8.67. The van der Waals surface area contributed by atoms with Crippen LogP contribution in [0.1, 0.15) is 45.2 Å². The highest BCUT2D eigenvalue weighted by atomic mass is 16.3. The summed E-state index contributed by atoms with van der Waals surface area (Å²) in [5.74, 6) is 0. The Hall–Kier alpha value is -2.34. The van der Waals surface area contributed by atoms with Gasteiger partial charge in [-0.25, -0.2) is 9.48 Å². The number of aromatic nitrogens is 2. The van der Waals surface area contributed by atoms with E-state index in [1.807, 2.05) is 57.3 Å². The van der Waals surface area contributed by atoms with E-state index in [1.54, 1.807) is 10.9 Å². The lowest BCUT2D eigenvalue weighted by molar-refractivity contribution is 0.148. The third-order valence-corrected chi connectivity index (χ3v) is 4.25. The summed E-state index contributed by atoms with van der Waals surface area (Å²) < 4.78 is 1.79. The number of hydrogen-bond donors (Lipinski definition) is 3. The first-order valence-electron chi connectivity index (χ1n) is 8.66. The van der Waals surface area contributed by atoms with Crippen LogP contribution in [0, 0.1) is 5.41 Å². The Bertz CT molecular complexity index is 651. The number of urea groups is 1. The fourth-order valence-corrected chi connectivity index (χ4v) is 2.52. The predicted molar refractivity (Wildman–Crippen MR) is 98.6 cm³/mol. The Morgan fingerprint density at radius 1 is 1.32 bits per heavy atom. The molecule has 2 rings (SSSR count). The summed E-state index contributed by atoms with van der Waals surface area (Å²) in [5.41, 5.74) is 1.92. The number of aliphatic hydroxyl groups is 1. The van der Waals surface area contributed by atoms with Crippen molar-refractivity contribution in [2.75, 3.05) is 13.2 Å². The summed E-state index contributed by atoms with van der Waals surface area (Å²) >= 11 is 0. The highest BCUT2D eigenvalue weighted by molar-refractivity contribution is 5.74. The molecule has 6 nitrogen and oxygen atoms in total. The van der Waals surface area contributed by atoms with E-state index >= 15 is 0 Å². The van der Waals surface area contributed by atoms with E-state index in [0.717, 1.165) is 24.1 Å². The molecule has 0 aliphatic heterocycles. The fourth-order valence-electron chi connectivity index (χ4n) is 2.52. The van der Waals surface area contributed by atoms with Gasteiger partial charge in [-0.15, -0.1) is 0 Å². The molecule has 2 amide bonds. The molecule has 0 spiro atoms. The Kier molecular flexibility index (Phi) is 6.58. The number of benzene rings is 1. The number of carbonyl (C=O) groups excluding carboxylic acids is 1. The number of amides is 2. The van der Waals surface area contributed by atoms with Crippen molar-refractivity contribution >= 4 is 6.03 Å². The van der Waals surface area contributed by atoms with Crippen LogP contribution in [0.25, 0.3) is 5.69 Å². The molecule has 6 heteroatoms. The van der Waals surface area contributed by atoms with Crippen molar-refractivity contribution in [2.45, 2.75) is 39.7 Å². The molecule has 3 N–H and O–H groups in total. The van der Waals surface area contributed by atoms with Crippen LogP contribution in [0.4, 0.5) is 4.79 Å². The maximum atomic E-state index is 12.0. The first-order valence-corrected chi connectivity index (χ1v) is 8.66. The van der Waals surface area contributed by atoms with Gasteiger partial charge < -0.3 is 15.7 Å². The standard InChI is InChI=1S/C19H28N4O2/c1-15(22-18(25)20-11-4-10-19(2,3)14-24)16-6-8-17(9-7-16)23-13-5-12-21-23/h5-9,12-13,15,24H,4,10-11,14H2,1-3H3,(H2,20,22,25). The molecule has 1 unspecified atom stereocenters. The van der Waals surface area contributed by atoms with E-state index in [9.17, 15) is 9.90 Å². The van der Waals surface area contributed by atoms with Crippen LogP contribution in [-0.4, -0.2) is 34.1 Å². The molecule has 2 aromatic rings. The molecular formula is C19H28N4O2. The number of carbonyl (C=O) groups is 1. The lowest BCUT2D eigenvalue weighted by Crippen LogP contribution is -2.37. The van der Waals surface area contributed by atoms with Gasteiger partial charge in [-0.2, -0.15) is 5.10 Å². The second-order valence-corrected chi connectivity index (χ2v) is 7.09. The highest BCUT2D eigenvalue weighted by Crippen LogP contribution is 2.20. The lowest BCUT2D eigenvalue weighted by Gasteiger charge is -2.21. The Morgan fingerprint density at radius 2 is 2.04 bits per heavy atom. The molecule has 0 radical (unpaired) electrons. The second-order valence-electron chi connectivity index (χ2n) is 7.09. The SMILES string of the molecule is CC(NC(=O)NCCCC(C)(C)CO)c1ccc(-n2cccn2)cc1. The van der Waals surface area contributed by atoms with E-state index in [2.05, 4.69) is 15.7 Å². The van der Waals surface area contributed by atoms with Crippen molar-refractivity contribution < 1.29 is 9.90 Å². The van der Waals surface area contributed by atoms with Gasteiger partial charge >= 0.3 is 6.03 Å². The Balaban J connectivity index is 1.77. The van der Waals surface area contributed by atoms with Gasteiger partial charge in [-0.05, 0) is 48.9 Å². The Labute approximate surface area is 149 Å². The van der Waals surface area contributed by atoms with Crippen molar-refractivity contribution in [3.05, 3.63) is 48.3 Å². The molecule has 1 aromatic carbocycles. The molecule has 0 saturated heterocycles. The third kappa shape index (κ3) is 5.90. The minimum atomic E-state index is -0.176. The molecule has 0 aliphatic carbocycles. The third-order valence-electron chi connectivity index (χ3n) is 4.25. The minimum absolute atomic E-state index is 0.0828. The summed E-state index contributed by atoms with van der Waals surface area (Å²) in [7, 11) is 0. The minimum Gasteiger partial charge on any atom is -0.396 e. The zero-order valence-corrected chi connectivity index (χ0v) is 15.2. The molecule has 0 aliphatic rings. The van der Waals surface area contributed by atoms with Crippen LogP contribution >= 0.6 is 0 Å². The van der Waals surface area contributed by atoms with Gasteiger partial charge in [-0.1, -0.05) is 26.0 Å². The van der Waals surface area contributed by atoms with E-state index in [-0.39, 0.29) is 24.1 Å². The normalized spacial score (nSPS) is 12.6. The van der Waals surface area contributed by atoms with E-state index in [1.165, 1.54) is 0 Å². The lowest BCUT2D eigenvalue weighted by atomic mass is 9.89. The maximum absolute atomic E-state index is 12.0. The number of aliphatic hydroxyl groups excluding tert-OH is 1. The average molecular weight is 344 g/mol. The molecule has 1 heterocycles. The molecule has 0 fully saturated rings. The van der Waals surface area contributed by atoms with Crippen LogP contribution in [0.3, 0.4) is 0 Å². The molecule has 0 saturated carbocycles. The van der Waals surface area contributed by atoms with Gasteiger partial charge in [0.25, 0.3) is 0 Å². The van der Waals surface area contributed by atoms with Crippen LogP contribution in [0.15, 0.2) is 42.7 Å². The Morgan fingerprint density at radius 3 is 2.64 bits per heavy atom. The summed E-state index contributed by atoms with van der Waals surface area (Å²) in [6.45, 7) is 6.74. The van der Waals surface area contributed by atoms with Gasteiger partial charge in [0.2, 0.25) is 0 Å². The van der Waals surface area contributed by atoms with Crippen molar-refractivity contribution in [1.82, 2.24) is 20.4 Å². The van der Waals surface area contributed by atoms with E-state index < -0.39 is 0 Å². The van der Waals surface area contributed by atoms with E-state index in [4.69, 9.17) is 0 Å². The quantitative estimate of drug-likeness (QED) is 0.644. The fraction of sp³-hybridized carbons (Fsp3) is 0.474. The predicted octanol–water partition coefficient (Wildman–Crippen LogP) is 3.03. The topological polar surface area (TPSA) is 79.2 Å². The van der Waals surface area contributed by atoms with Crippen LogP contribution in [-0.2, 0) is 0 Å². The molecule has 25 heavy (non-hydrogen) atoms. The number of nitrogens with one attached hydrogen (secondary N) is 2. The number of nitrogens with zero attached hydrogens (tertiary/aromatic N) is 2. The van der Waals surface area contributed by atoms with Crippen LogP contribution in [0.2, 0.25) is 0 Å². The summed E-state index contributed by atoms with van der Waals surface area (Å²) in [5, 5.41) is 19.2. The largest absolute Gasteiger partial charge is 0.396 e. The first-order chi connectivity index (χ1) is 11.9. The summed E-state index contributed by atoms with van der Waals surface area (Å²) in [4.78, 5) is 12.0. The van der Waals surface area contributed by atoms with Gasteiger partial charge in [0, 0.05) is 25.5 Å². The maximum Gasteiger partial charge on any atom is 0.315 e. The van der Waals surface area contributed by atoms with Crippen molar-refractivity contribution in [3.63, 3.8) is 0 Å². The van der Waals surface area contributed by atoms with E-state index in [0.29, 0.717) is 6.54 Å². The molecule has 1 atom stereocenters. The van der Waals surface area contributed by atoms with Crippen LogP contribution < -0.4 is 10.6 Å². The van der Waals surface area contributed by atoms with Gasteiger partial charge in [-0.3, -0.25) is 0 Å². The summed E-state index contributed by atoms with van der Waals surface area (Å²) in [6, 6.07) is 9.57. The van der Waals surface area contributed by atoms with Gasteiger partial charge in [0.05, 0.1) is 11.7 Å². The number of hydrogen-bond acceptors (Lipinski definition) is 3. The van der Waals surface area contributed by atoms with Gasteiger partial charge in [0.15, 0.2) is 0 Å². The van der Waals surface area contributed by atoms with Crippen LogP contribution in [0.5, 0.6) is 0 Å². The smallest absolute Gasteiger partial charge is 0.315 e. The molecule has 1 aromatic heterocycles. The summed E-state index contributed by atoms with van der Waals surface area (Å²) in [6.07, 6.45) is 5.34. The monoisotopic (exact) mass is 344 g/mol. The first kappa shape index (κ1) is 19.0. The van der Waals surface area contributed by atoms with Crippen molar-refractivity contribution in [3.8, 4) is 5.69 Å². The molecule has 0 bridgehead atoms. The zero-order valence-electron chi connectivity index (χ0n) is 15.2. The zero-order chi connectivity index (χ0) is 18.3. The van der Waals surface area contributed by atoms with Crippen molar-refractivity contribution in [2.24, 2.45) is 5.41 Å².